The Hall–Kier alpha value is -3.84. The predicted octanol–water partition coefficient (Wildman–Crippen LogP) is 5.92. The third-order valence-corrected chi connectivity index (χ3v) is 6.14. The zero-order chi connectivity index (χ0) is 23.2. The Morgan fingerprint density at radius 2 is 1.73 bits per heavy atom. The minimum Gasteiger partial charge on any atom is -0.497 e. The van der Waals surface area contributed by atoms with E-state index in [1.165, 1.54) is 11.3 Å². The molecule has 1 amide bonds. The normalized spacial score (nSPS) is 11.5. The van der Waals surface area contributed by atoms with Crippen molar-refractivity contribution >= 4 is 28.1 Å². The number of hydrogen-bond acceptors (Lipinski definition) is 6. The summed E-state index contributed by atoms with van der Waals surface area (Å²) in [7, 11) is 3.27. The van der Waals surface area contributed by atoms with Gasteiger partial charge in [-0.1, -0.05) is 24.3 Å². The van der Waals surface area contributed by atoms with Crippen LogP contribution >= 0.6 is 11.3 Å². The molecule has 0 saturated carbocycles. The highest BCUT2D eigenvalue weighted by Gasteiger charge is 2.25. The smallest absolute Gasteiger partial charge is 0.256 e. The number of rotatable bonds is 8. The third-order valence-electron chi connectivity index (χ3n) is 5.16. The van der Waals surface area contributed by atoms with Crippen molar-refractivity contribution < 1.29 is 14.3 Å². The number of thiophene rings is 1. The van der Waals surface area contributed by atoms with E-state index in [-0.39, 0.29) is 11.9 Å². The number of aromatic nitrogens is 1. The van der Waals surface area contributed by atoms with Gasteiger partial charge < -0.3 is 20.1 Å². The lowest BCUT2D eigenvalue weighted by atomic mass is 9.98. The van der Waals surface area contributed by atoms with Gasteiger partial charge in [-0.05, 0) is 55.5 Å². The highest BCUT2D eigenvalue weighted by atomic mass is 32.1. The molecule has 0 radical (unpaired) electrons. The van der Waals surface area contributed by atoms with Crippen molar-refractivity contribution in [1.29, 1.82) is 0 Å². The number of carbonyl (C=O) groups excluding carboxylic acids is 1. The molecule has 2 aromatic heterocycles. The molecule has 0 spiro atoms. The lowest BCUT2D eigenvalue weighted by molar-refractivity contribution is 0.102. The molecule has 168 valence electrons. The lowest BCUT2D eigenvalue weighted by Crippen LogP contribution is -2.17. The number of methoxy groups -OCH3 is 2. The van der Waals surface area contributed by atoms with Crippen LogP contribution in [0.3, 0.4) is 0 Å². The summed E-state index contributed by atoms with van der Waals surface area (Å²) < 4.78 is 11.2. The van der Waals surface area contributed by atoms with Crippen LogP contribution < -0.4 is 20.1 Å². The van der Waals surface area contributed by atoms with Crippen LogP contribution in [0.1, 0.15) is 32.4 Å². The summed E-state index contributed by atoms with van der Waals surface area (Å²) in [6.45, 7) is 2.02. The highest BCUT2D eigenvalue weighted by molar-refractivity contribution is 7.16. The first kappa shape index (κ1) is 22.4. The fourth-order valence-electron chi connectivity index (χ4n) is 3.59. The van der Waals surface area contributed by atoms with E-state index in [9.17, 15) is 4.79 Å². The van der Waals surface area contributed by atoms with Gasteiger partial charge in [-0.2, -0.15) is 0 Å². The first-order valence-electron chi connectivity index (χ1n) is 10.4. The van der Waals surface area contributed by atoms with Gasteiger partial charge in [-0.25, -0.2) is 4.98 Å². The molecule has 4 rings (SSSR count). The van der Waals surface area contributed by atoms with E-state index >= 15 is 0 Å². The molecular formula is C26H25N3O3S. The molecule has 0 aliphatic heterocycles. The quantitative estimate of drug-likeness (QED) is 0.342. The number of anilines is 2. The number of benzene rings is 2. The summed E-state index contributed by atoms with van der Waals surface area (Å²) in [6.07, 6.45) is 1.74. The second-order valence-electron chi connectivity index (χ2n) is 7.36. The van der Waals surface area contributed by atoms with Crippen molar-refractivity contribution in [2.24, 2.45) is 0 Å². The van der Waals surface area contributed by atoms with Gasteiger partial charge >= 0.3 is 0 Å². The summed E-state index contributed by atoms with van der Waals surface area (Å²) in [5.41, 5.74) is 2.39. The maximum atomic E-state index is 12.9. The van der Waals surface area contributed by atoms with Gasteiger partial charge in [-0.15, -0.1) is 11.3 Å². The van der Waals surface area contributed by atoms with Crippen LogP contribution in [0.2, 0.25) is 0 Å². The highest BCUT2D eigenvalue weighted by Crippen LogP contribution is 2.41. The van der Waals surface area contributed by atoms with Crippen LogP contribution in [0.15, 0.2) is 79.0 Å². The summed E-state index contributed by atoms with van der Waals surface area (Å²) in [4.78, 5) is 18.5. The molecule has 4 aromatic rings. The topological polar surface area (TPSA) is 72.5 Å². The van der Waals surface area contributed by atoms with Gasteiger partial charge in [0.05, 0.1) is 20.3 Å². The summed E-state index contributed by atoms with van der Waals surface area (Å²) in [6, 6.07) is 22.3. The molecule has 6 nitrogen and oxygen atoms in total. The maximum Gasteiger partial charge on any atom is 0.256 e. The largest absolute Gasteiger partial charge is 0.497 e. The monoisotopic (exact) mass is 459 g/mol. The molecule has 0 bridgehead atoms. The number of ether oxygens (including phenoxy) is 2. The van der Waals surface area contributed by atoms with Crippen LogP contribution in [0.4, 0.5) is 10.8 Å². The molecule has 0 saturated heterocycles. The third kappa shape index (κ3) is 5.15. The van der Waals surface area contributed by atoms with Crippen LogP contribution in [-0.4, -0.2) is 25.1 Å². The molecule has 33 heavy (non-hydrogen) atoms. The molecule has 0 fully saturated rings. The Morgan fingerprint density at radius 1 is 0.939 bits per heavy atom. The van der Waals surface area contributed by atoms with Crippen molar-refractivity contribution in [3.05, 3.63) is 101 Å². The molecule has 2 heterocycles. The summed E-state index contributed by atoms with van der Waals surface area (Å²) in [5.74, 6) is 1.96. The molecular weight excluding hydrogens is 434 g/mol. The van der Waals surface area contributed by atoms with Gasteiger partial charge in [0.25, 0.3) is 5.91 Å². The van der Waals surface area contributed by atoms with Crippen molar-refractivity contribution in [3.63, 3.8) is 0 Å². The standard InChI is InChI=1S/C26H25N3O3S/c1-17-15-21(26(33-17)29-25(30)18-9-5-4-6-10-18)24(28-23-11-7-8-14-27-23)20-16-19(31-2)12-13-22(20)32-3/h4-16,24H,1-3H3,(H,27,28)(H,29,30)/t24-/m1/s1. The van der Waals surface area contributed by atoms with Crippen molar-refractivity contribution in [2.45, 2.75) is 13.0 Å². The SMILES string of the molecule is COc1ccc(OC)c([C@@H](Nc2ccccn2)c2cc(C)sc2NC(=O)c2ccccc2)c1. The molecule has 7 heteroatoms. The molecule has 2 N–H and O–H groups in total. The van der Waals surface area contributed by atoms with E-state index in [2.05, 4.69) is 21.7 Å². The molecule has 2 aromatic carbocycles. The number of nitrogens with zero attached hydrogens (tertiary/aromatic N) is 1. The van der Waals surface area contributed by atoms with Crippen LogP contribution in [0, 0.1) is 6.92 Å². The number of pyridine rings is 1. The molecule has 0 aliphatic carbocycles. The number of hydrogen-bond donors (Lipinski definition) is 2. The van der Waals surface area contributed by atoms with Gasteiger partial charge in [0.15, 0.2) is 0 Å². The van der Waals surface area contributed by atoms with E-state index in [4.69, 9.17) is 9.47 Å². The summed E-state index contributed by atoms with van der Waals surface area (Å²) in [5, 5.41) is 7.37. The Morgan fingerprint density at radius 3 is 2.42 bits per heavy atom. The van der Waals surface area contributed by atoms with E-state index in [1.54, 1.807) is 32.5 Å². The van der Waals surface area contributed by atoms with Crippen LogP contribution in [-0.2, 0) is 0 Å². The zero-order valence-corrected chi connectivity index (χ0v) is 19.5. The van der Waals surface area contributed by atoms with E-state index in [0.29, 0.717) is 22.9 Å². The zero-order valence-electron chi connectivity index (χ0n) is 18.7. The Balaban J connectivity index is 1.79. The Labute approximate surface area is 197 Å². The Kier molecular flexibility index (Phi) is 6.90. The van der Waals surface area contributed by atoms with E-state index in [1.807, 2.05) is 61.5 Å². The van der Waals surface area contributed by atoms with Crippen LogP contribution in [0.5, 0.6) is 11.5 Å². The second-order valence-corrected chi connectivity index (χ2v) is 8.62. The van der Waals surface area contributed by atoms with Gasteiger partial charge in [0.2, 0.25) is 0 Å². The minimum atomic E-state index is -0.346. The van der Waals surface area contributed by atoms with Gasteiger partial charge in [0, 0.05) is 27.8 Å². The molecule has 0 aliphatic rings. The first-order chi connectivity index (χ1) is 16.1. The van der Waals surface area contributed by atoms with Gasteiger partial charge in [-0.3, -0.25) is 4.79 Å². The average Bonchev–Trinajstić information content (AvgIpc) is 3.22. The maximum absolute atomic E-state index is 12.9. The Bertz CT molecular complexity index is 1230. The predicted molar refractivity (Wildman–Crippen MR) is 133 cm³/mol. The van der Waals surface area contributed by atoms with Crippen molar-refractivity contribution in [3.8, 4) is 11.5 Å². The first-order valence-corrected chi connectivity index (χ1v) is 11.3. The number of amides is 1. The molecule has 1 atom stereocenters. The van der Waals surface area contributed by atoms with E-state index < -0.39 is 0 Å². The fraction of sp³-hybridized carbons (Fsp3) is 0.154. The summed E-state index contributed by atoms with van der Waals surface area (Å²) >= 11 is 1.53. The average molecular weight is 460 g/mol. The number of aryl methyl sites for hydroxylation is 1. The van der Waals surface area contributed by atoms with Crippen molar-refractivity contribution in [2.75, 3.05) is 24.9 Å². The fourth-order valence-corrected chi connectivity index (χ4v) is 4.54. The lowest BCUT2D eigenvalue weighted by Gasteiger charge is -2.23. The number of carbonyl (C=O) groups is 1. The minimum absolute atomic E-state index is 0.159. The molecule has 0 unspecified atom stereocenters. The van der Waals surface area contributed by atoms with Crippen LogP contribution in [0.25, 0.3) is 0 Å². The van der Waals surface area contributed by atoms with Crippen molar-refractivity contribution in [1.82, 2.24) is 4.98 Å². The number of nitrogens with one attached hydrogen (secondary N) is 2. The van der Waals surface area contributed by atoms with Gasteiger partial charge in [0.1, 0.15) is 22.3 Å². The van der Waals surface area contributed by atoms with E-state index in [0.717, 1.165) is 21.0 Å². The second kappa shape index (κ2) is 10.2.